The molecule has 5 N–H and O–H groups in total. The van der Waals surface area contributed by atoms with Crippen LogP contribution in [0.25, 0.3) is 0 Å². The fourth-order valence-corrected chi connectivity index (χ4v) is 2.28. The average molecular weight is 328 g/mol. The van der Waals surface area contributed by atoms with Crippen molar-refractivity contribution in [2.24, 2.45) is 0 Å². The highest BCUT2D eigenvalue weighted by atomic mass is 16.7. The van der Waals surface area contributed by atoms with Crippen LogP contribution in [0, 0.1) is 0 Å². The average Bonchev–Trinajstić information content (AvgIpc) is 2.55. The van der Waals surface area contributed by atoms with Crippen molar-refractivity contribution in [3.05, 3.63) is 29.8 Å². The summed E-state index contributed by atoms with van der Waals surface area (Å²) in [4.78, 5) is 10.9. The molecule has 1 heterocycles. The van der Waals surface area contributed by atoms with Crippen molar-refractivity contribution in [3.63, 3.8) is 0 Å². The summed E-state index contributed by atoms with van der Waals surface area (Å²) >= 11 is 0. The van der Waals surface area contributed by atoms with Crippen LogP contribution in [0.5, 0.6) is 5.75 Å². The molecule has 0 amide bonds. The Kier molecular flexibility index (Phi) is 5.55. The molecule has 1 aromatic rings. The van der Waals surface area contributed by atoms with Crippen LogP contribution in [0.1, 0.15) is 18.4 Å². The second-order valence-corrected chi connectivity index (χ2v) is 5.44. The Labute approximate surface area is 132 Å². The van der Waals surface area contributed by atoms with Crippen molar-refractivity contribution in [1.82, 2.24) is 0 Å². The highest BCUT2D eigenvalue weighted by Gasteiger charge is 2.44. The molecule has 128 valence electrons. The molecule has 0 aromatic heterocycles. The van der Waals surface area contributed by atoms with Crippen molar-refractivity contribution >= 4 is 5.97 Å². The largest absolute Gasteiger partial charge is 0.481 e. The second-order valence-electron chi connectivity index (χ2n) is 5.44. The van der Waals surface area contributed by atoms with E-state index < -0.39 is 49.2 Å². The number of benzene rings is 1. The maximum absolute atomic E-state index is 10.9. The van der Waals surface area contributed by atoms with E-state index >= 15 is 0 Å². The molecule has 1 aliphatic heterocycles. The Bertz CT molecular complexity index is 529. The van der Waals surface area contributed by atoms with E-state index in [0.717, 1.165) is 0 Å². The number of aliphatic carboxylic acids is 1. The molecule has 8 heteroatoms. The number of carboxylic acid groups (broad SMARTS) is 1. The summed E-state index contributed by atoms with van der Waals surface area (Å²) < 4.78 is 10.6. The summed E-state index contributed by atoms with van der Waals surface area (Å²) in [5.74, 6) is -1.33. The molecular formula is C15H20O8. The Hall–Kier alpha value is -1.71. The number of carbonyl (C=O) groups is 1. The van der Waals surface area contributed by atoms with Gasteiger partial charge in [-0.2, -0.15) is 0 Å². The lowest BCUT2D eigenvalue weighted by atomic mass is 9.99. The Morgan fingerprint density at radius 1 is 1.17 bits per heavy atom. The molecule has 2 rings (SSSR count). The highest BCUT2D eigenvalue weighted by molar-refractivity contribution is 5.75. The quantitative estimate of drug-likeness (QED) is 0.467. The molecule has 0 saturated carbocycles. The van der Waals surface area contributed by atoms with E-state index in [1.165, 1.54) is 12.1 Å². The molecule has 0 radical (unpaired) electrons. The van der Waals surface area contributed by atoms with Gasteiger partial charge in [0.1, 0.15) is 30.2 Å². The molecular weight excluding hydrogens is 308 g/mol. The predicted octanol–water partition coefficient (Wildman–Crippen LogP) is -0.947. The Morgan fingerprint density at radius 3 is 2.30 bits per heavy atom. The summed E-state index contributed by atoms with van der Waals surface area (Å²) in [6, 6.07) is 6.16. The fraction of sp³-hybridized carbons (Fsp3) is 0.533. The van der Waals surface area contributed by atoms with Gasteiger partial charge >= 0.3 is 5.97 Å². The van der Waals surface area contributed by atoms with E-state index in [1.54, 1.807) is 19.1 Å². The van der Waals surface area contributed by atoms with Gasteiger partial charge in [0.15, 0.2) is 0 Å². The van der Waals surface area contributed by atoms with Crippen molar-refractivity contribution in [3.8, 4) is 5.75 Å². The van der Waals surface area contributed by atoms with Gasteiger partial charge in [-0.25, -0.2) is 0 Å². The summed E-state index contributed by atoms with van der Waals surface area (Å²) in [7, 11) is 0. The molecule has 0 bridgehead atoms. The molecule has 0 spiro atoms. The summed E-state index contributed by atoms with van der Waals surface area (Å²) in [5, 5.41) is 47.3. The molecule has 0 unspecified atom stereocenters. The zero-order valence-electron chi connectivity index (χ0n) is 12.4. The molecule has 0 aliphatic carbocycles. The van der Waals surface area contributed by atoms with E-state index in [0.29, 0.717) is 5.56 Å². The van der Waals surface area contributed by atoms with E-state index in [9.17, 15) is 20.1 Å². The standard InChI is InChI=1S/C15H20O8/c1-7(14(20)21)8-2-4-9(5-3-8)22-15-13(19)12(18)11(17)10(6-16)23-15/h2-5,7,10-13,15-19H,6H2,1H3,(H,20,21)/t7-,10+,11+,12-,13+,15+/m1/s1. The lowest BCUT2D eigenvalue weighted by Gasteiger charge is -2.39. The van der Waals surface area contributed by atoms with E-state index in [2.05, 4.69) is 0 Å². The van der Waals surface area contributed by atoms with Gasteiger partial charge in [-0.1, -0.05) is 12.1 Å². The van der Waals surface area contributed by atoms with Crippen LogP contribution in [0.3, 0.4) is 0 Å². The first-order valence-corrected chi connectivity index (χ1v) is 7.15. The fourth-order valence-electron chi connectivity index (χ4n) is 2.28. The lowest BCUT2D eigenvalue weighted by Crippen LogP contribution is -2.60. The number of hydrogen-bond donors (Lipinski definition) is 5. The van der Waals surface area contributed by atoms with Crippen molar-refractivity contribution in [2.45, 2.75) is 43.5 Å². The zero-order chi connectivity index (χ0) is 17.1. The van der Waals surface area contributed by atoms with Gasteiger partial charge in [-0.3, -0.25) is 4.79 Å². The van der Waals surface area contributed by atoms with E-state index in [4.69, 9.17) is 19.7 Å². The van der Waals surface area contributed by atoms with Gasteiger partial charge in [0, 0.05) is 0 Å². The lowest BCUT2D eigenvalue weighted by molar-refractivity contribution is -0.277. The van der Waals surface area contributed by atoms with Gasteiger partial charge in [0.05, 0.1) is 12.5 Å². The molecule has 1 aliphatic rings. The number of aliphatic hydroxyl groups is 4. The van der Waals surface area contributed by atoms with Gasteiger partial charge < -0.3 is 35.0 Å². The first-order chi connectivity index (χ1) is 10.8. The second kappa shape index (κ2) is 7.24. The molecule has 1 saturated heterocycles. The third-order valence-electron chi connectivity index (χ3n) is 3.85. The van der Waals surface area contributed by atoms with Crippen molar-refractivity contribution < 1.29 is 39.8 Å². The molecule has 1 fully saturated rings. The summed E-state index contributed by atoms with van der Waals surface area (Å²) in [5.41, 5.74) is 0.582. The highest BCUT2D eigenvalue weighted by Crippen LogP contribution is 2.25. The first kappa shape index (κ1) is 17.6. The Balaban J connectivity index is 2.07. The molecule has 1 aromatic carbocycles. The minimum atomic E-state index is -1.52. The number of carboxylic acids is 1. The molecule has 6 atom stereocenters. The van der Waals surface area contributed by atoms with Crippen LogP contribution in [-0.4, -0.2) is 68.8 Å². The van der Waals surface area contributed by atoms with Crippen LogP contribution in [0.15, 0.2) is 24.3 Å². The number of hydrogen-bond acceptors (Lipinski definition) is 7. The van der Waals surface area contributed by atoms with Crippen LogP contribution < -0.4 is 4.74 Å². The number of ether oxygens (including phenoxy) is 2. The van der Waals surface area contributed by atoms with Crippen LogP contribution in [0.2, 0.25) is 0 Å². The SMILES string of the molecule is C[C@@H](C(=O)O)c1ccc(O[C@H]2O[C@@H](CO)[C@H](O)[C@@H](O)[C@@H]2O)cc1. The monoisotopic (exact) mass is 328 g/mol. The minimum absolute atomic E-state index is 0.288. The normalized spacial score (nSPS) is 32.3. The van der Waals surface area contributed by atoms with E-state index in [-0.39, 0.29) is 5.75 Å². The summed E-state index contributed by atoms with van der Waals surface area (Å²) in [6.07, 6.45) is -6.78. The maximum Gasteiger partial charge on any atom is 0.310 e. The van der Waals surface area contributed by atoms with Gasteiger partial charge in [-0.15, -0.1) is 0 Å². The topological polar surface area (TPSA) is 137 Å². The molecule has 23 heavy (non-hydrogen) atoms. The minimum Gasteiger partial charge on any atom is -0.481 e. The van der Waals surface area contributed by atoms with Crippen LogP contribution >= 0.6 is 0 Å². The Morgan fingerprint density at radius 2 is 1.78 bits per heavy atom. The summed E-state index contributed by atoms with van der Waals surface area (Å²) in [6.45, 7) is 1.01. The van der Waals surface area contributed by atoms with Crippen LogP contribution in [0.4, 0.5) is 0 Å². The molecule has 8 nitrogen and oxygen atoms in total. The van der Waals surface area contributed by atoms with E-state index in [1.807, 2.05) is 0 Å². The third kappa shape index (κ3) is 3.80. The smallest absolute Gasteiger partial charge is 0.310 e. The maximum atomic E-state index is 10.9. The third-order valence-corrected chi connectivity index (χ3v) is 3.85. The van der Waals surface area contributed by atoms with Gasteiger partial charge in [-0.05, 0) is 24.6 Å². The van der Waals surface area contributed by atoms with Gasteiger partial charge in [0.25, 0.3) is 0 Å². The zero-order valence-corrected chi connectivity index (χ0v) is 12.4. The van der Waals surface area contributed by atoms with Crippen molar-refractivity contribution in [1.29, 1.82) is 0 Å². The predicted molar refractivity (Wildman–Crippen MR) is 76.9 cm³/mol. The first-order valence-electron chi connectivity index (χ1n) is 7.15. The number of rotatable bonds is 5. The van der Waals surface area contributed by atoms with Gasteiger partial charge in [0.2, 0.25) is 6.29 Å². The number of aliphatic hydroxyl groups excluding tert-OH is 4. The van der Waals surface area contributed by atoms with Crippen molar-refractivity contribution in [2.75, 3.05) is 6.61 Å². The van der Waals surface area contributed by atoms with Crippen LogP contribution in [-0.2, 0) is 9.53 Å².